The molecule has 0 aliphatic rings. The van der Waals surface area contributed by atoms with Gasteiger partial charge in [0.25, 0.3) is 5.91 Å². The molecule has 1 amide bonds. The topological polar surface area (TPSA) is 68.3 Å². The van der Waals surface area contributed by atoms with Crippen LogP contribution in [0.4, 0.5) is 0 Å². The van der Waals surface area contributed by atoms with E-state index in [0.29, 0.717) is 6.42 Å². The van der Waals surface area contributed by atoms with E-state index >= 15 is 0 Å². The van der Waals surface area contributed by atoms with Crippen molar-refractivity contribution in [3.05, 3.63) is 84.1 Å². The van der Waals surface area contributed by atoms with E-state index in [1.165, 1.54) is 7.11 Å². The minimum absolute atomic E-state index is 0.259. The van der Waals surface area contributed by atoms with Gasteiger partial charge in [-0.1, -0.05) is 66.7 Å². The Morgan fingerprint density at radius 3 is 2.56 bits per heavy atom. The molecular weight excluding hydrogens is 340 g/mol. The second-order valence-corrected chi connectivity index (χ2v) is 5.99. The van der Waals surface area contributed by atoms with Crippen LogP contribution in [-0.4, -0.2) is 30.0 Å². The number of benzene rings is 2. The largest absolute Gasteiger partial charge is 0.467 e. The van der Waals surface area contributed by atoms with Gasteiger partial charge in [0.2, 0.25) is 0 Å². The maximum Gasteiger partial charge on any atom is 0.328 e. The molecule has 3 aromatic rings. The molecule has 1 aromatic heterocycles. The van der Waals surface area contributed by atoms with Crippen LogP contribution in [0.1, 0.15) is 22.5 Å². The number of rotatable bonds is 6. The smallest absolute Gasteiger partial charge is 0.328 e. The molecular formula is C22H20N2O3. The highest BCUT2D eigenvalue weighted by atomic mass is 16.5. The number of hydrogen-bond acceptors (Lipinski definition) is 4. The zero-order valence-electron chi connectivity index (χ0n) is 15.0. The summed E-state index contributed by atoms with van der Waals surface area (Å²) in [5.41, 5.74) is 2.00. The second kappa shape index (κ2) is 8.76. The molecule has 3 rings (SSSR count). The normalized spacial score (nSPS) is 12.0. The molecule has 0 unspecified atom stereocenters. The summed E-state index contributed by atoms with van der Waals surface area (Å²) in [6.45, 7) is 0. The Bertz CT molecular complexity index is 967. The van der Waals surface area contributed by atoms with Gasteiger partial charge in [0.05, 0.1) is 12.6 Å². The molecule has 1 heterocycles. The SMILES string of the molecule is COC(=O)[C@H](C/C=C/c1ccccc1)NC(=O)c1ccc2ccccc2n1. The Labute approximate surface area is 157 Å². The van der Waals surface area contributed by atoms with Crippen LogP contribution >= 0.6 is 0 Å². The van der Waals surface area contributed by atoms with Crippen molar-refractivity contribution in [2.75, 3.05) is 7.11 Å². The molecule has 0 aliphatic heterocycles. The van der Waals surface area contributed by atoms with E-state index in [2.05, 4.69) is 10.3 Å². The van der Waals surface area contributed by atoms with Crippen LogP contribution in [0, 0.1) is 0 Å². The van der Waals surface area contributed by atoms with Crippen LogP contribution in [0.5, 0.6) is 0 Å². The quantitative estimate of drug-likeness (QED) is 0.682. The fourth-order valence-corrected chi connectivity index (χ4v) is 2.69. The summed E-state index contributed by atoms with van der Waals surface area (Å²) in [7, 11) is 1.30. The molecule has 1 atom stereocenters. The number of pyridine rings is 1. The van der Waals surface area contributed by atoms with Crippen molar-refractivity contribution in [1.82, 2.24) is 10.3 Å². The van der Waals surface area contributed by atoms with Gasteiger partial charge >= 0.3 is 5.97 Å². The summed E-state index contributed by atoms with van der Waals surface area (Å²) < 4.78 is 4.81. The van der Waals surface area contributed by atoms with Gasteiger partial charge in [-0.3, -0.25) is 4.79 Å². The number of amides is 1. The number of nitrogens with one attached hydrogen (secondary N) is 1. The van der Waals surface area contributed by atoms with Gasteiger partial charge in [-0.05, 0) is 24.1 Å². The van der Waals surface area contributed by atoms with E-state index in [4.69, 9.17) is 4.74 Å². The third kappa shape index (κ3) is 4.79. The fourth-order valence-electron chi connectivity index (χ4n) is 2.69. The third-order valence-corrected chi connectivity index (χ3v) is 4.10. The van der Waals surface area contributed by atoms with Crippen molar-refractivity contribution in [3.8, 4) is 0 Å². The van der Waals surface area contributed by atoms with Gasteiger partial charge in [-0.15, -0.1) is 0 Å². The van der Waals surface area contributed by atoms with Crippen LogP contribution in [0.2, 0.25) is 0 Å². The van der Waals surface area contributed by atoms with Gasteiger partial charge in [0.1, 0.15) is 11.7 Å². The highest BCUT2D eigenvalue weighted by Crippen LogP contribution is 2.12. The van der Waals surface area contributed by atoms with Crippen molar-refractivity contribution in [3.63, 3.8) is 0 Å². The molecule has 0 saturated heterocycles. The first-order chi connectivity index (χ1) is 13.2. The van der Waals surface area contributed by atoms with Crippen LogP contribution in [0.15, 0.2) is 72.8 Å². The number of nitrogens with zero attached hydrogens (tertiary/aromatic N) is 1. The molecule has 2 aromatic carbocycles. The van der Waals surface area contributed by atoms with Crippen molar-refractivity contribution < 1.29 is 14.3 Å². The average molecular weight is 360 g/mol. The molecule has 136 valence electrons. The summed E-state index contributed by atoms with van der Waals surface area (Å²) in [6.07, 6.45) is 4.06. The average Bonchev–Trinajstić information content (AvgIpc) is 2.72. The number of hydrogen-bond donors (Lipinski definition) is 1. The number of esters is 1. The van der Waals surface area contributed by atoms with Gasteiger partial charge in [0.15, 0.2) is 0 Å². The predicted molar refractivity (Wildman–Crippen MR) is 105 cm³/mol. The monoisotopic (exact) mass is 360 g/mol. The van der Waals surface area contributed by atoms with Crippen molar-refractivity contribution in [2.45, 2.75) is 12.5 Å². The molecule has 0 aliphatic carbocycles. The van der Waals surface area contributed by atoms with Gasteiger partial charge in [-0.25, -0.2) is 9.78 Å². The van der Waals surface area contributed by atoms with E-state index in [0.717, 1.165) is 16.5 Å². The zero-order valence-corrected chi connectivity index (χ0v) is 15.0. The Kier molecular flexibility index (Phi) is 5.94. The lowest BCUT2D eigenvalue weighted by Crippen LogP contribution is -2.41. The van der Waals surface area contributed by atoms with Gasteiger partial charge in [-0.2, -0.15) is 0 Å². The second-order valence-electron chi connectivity index (χ2n) is 5.99. The highest BCUT2D eigenvalue weighted by molar-refractivity contribution is 5.97. The fraction of sp³-hybridized carbons (Fsp3) is 0.136. The van der Waals surface area contributed by atoms with Crippen molar-refractivity contribution >= 4 is 28.9 Å². The minimum atomic E-state index is -0.782. The Morgan fingerprint density at radius 2 is 1.78 bits per heavy atom. The maximum absolute atomic E-state index is 12.5. The molecule has 1 N–H and O–H groups in total. The molecule has 0 radical (unpaired) electrons. The van der Waals surface area contributed by atoms with Gasteiger partial charge in [0, 0.05) is 5.39 Å². The molecule has 5 nitrogen and oxygen atoms in total. The lowest BCUT2D eigenvalue weighted by atomic mass is 10.1. The number of para-hydroxylation sites is 1. The summed E-state index contributed by atoms with van der Waals surface area (Å²) in [5.74, 6) is -0.911. The predicted octanol–water partition coefficient (Wildman–Crippen LogP) is 3.61. The first-order valence-corrected chi connectivity index (χ1v) is 8.63. The Morgan fingerprint density at radius 1 is 1.04 bits per heavy atom. The number of aromatic nitrogens is 1. The van der Waals surface area contributed by atoms with Crippen molar-refractivity contribution in [2.24, 2.45) is 0 Å². The minimum Gasteiger partial charge on any atom is -0.467 e. The summed E-state index contributed by atoms with van der Waals surface area (Å²) in [5, 5.41) is 3.66. The summed E-state index contributed by atoms with van der Waals surface area (Å²) >= 11 is 0. The first kappa shape index (κ1) is 18.3. The summed E-state index contributed by atoms with van der Waals surface area (Å²) in [6, 6.07) is 20.0. The van der Waals surface area contributed by atoms with E-state index in [-0.39, 0.29) is 5.69 Å². The number of fused-ring (bicyclic) bond motifs is 1. The summed E-state index contributed by atoms with van der Waals surface area (Å²) in [4.78, 5) is 28.9. The lowest BCUT2D eigenvalue weighted by molar-refractivity contribution is -0.142. The van der Waals surface area contributed by atoms with Crippen LogP contribution in [-0.2, 0) is 9.53 Å². The molecule has 27 heavy (non-hydrogen) atoms. The third-order valence-electron chi connectivity index (χ3n) is 4.10. The lowest BCUT2D eigenvalue weighted by Gasteiger charge is -2.14. The van der Waals surface area contributed by atoms with Crippen LogP contribution < -0.4 is 5.32 Å². The zero-order chi connectivity index (χ0) is 19.1. The maximum atomic E-state index is 12.5. The van der Waals surface area contributed by atoms with E-state index in [9.17, 15) is 9.59 Å². The number of carbonyl (C=O) groups is 2. The van der Waals surface area contributed by atoms with E-state index in [1.807, 2.05) is 72.8 Å². The molecule has 0 fully saturated rings. The Hall–Kier alpha value is -3.47. The van der Waals surface area contributed by atoms with Crippen molar-refractivity contribution in [1.29, 1.82) is 0 Å². The van der Waals surface area contributed by atoms with Crippen LogP contribution in [0.3, 0.4) is 0 Å². The molecule has 0 spiro atoms. The van der Waals surface area contributed by atoms with E-state index < -0.39 is 17.9 Å². The molecule has 0 bridgehead atoms. The van der Waals surface area contributed by atoms with Crippen LogP contribution in [0.25, 0.3) is 17.0 Å². The Balaban J connectivity index is 1.71. The van der Waals surface area contributed by atoms with Gasteiger partial charge < -0.3 is 10.1 Å². The first-order valence-electron chi connectivity index (χ1n) is 8.63. The van der Waals surface area contributed by atoms with E-state index in [1.54, 1.807) is 6.07 Å². The number of methoxy groups -OCH3 is 1. The molecule has 0 saturated carbocycles. The highest BCUT2D eigenvalue weighted by Gasteiger charge is 2.21. The number of carbonyl (C=O) groups excluding carboxylic acids is 2. The standard InChI is InChI=1S/C22H20N2O3/c1-27-22(26)20(13-7-10-16-8-3-2-4-9-16)24-21(25)19-15-14-17-11-5-6-12-18(17)23-19/h2-12,14-15,20H,13H2,1H3,(H,24,25)/b10-7+/t20-/m0/s1. The number of ether oxygens (including phenoxy) is 1. The molecule has 5 heteroatoms.